The van der Waals surface area contributed by atoms with Crippen LogP contribution in [0.1, 0.15) is 33.1 Å². The number of carbonyl (C=O) groups excluding carboxylic acids is 1. The first-order valence-corrected chi connectivity index (χ1v) is 4.72. The number of carbonyl (C=O) groups is 1. The fourth-order valence-corrected chi connectivity index (χ4v) is 1.25. The first-order valence-electron chi connectivity index (χ1n) is 4.72. The van der Waals surface area contributed by atoms with E-state index < -0.39 is 0 Å². The van der Waals surface area contributed by atoms with Crippen LogP contribution >= 0.6 is 0 Å². The van der Waals surface area contributed by atoms with Gasteiger partial charge in [-0.2, -0.15) is 0 Å². The van der Waals surface area contributed by atoms with Crippen LogP contribution in [0.25, 0.3) is 0 Å². The van der Waals surface area contributed by atoms with Crippen molar-refractivity contribution in [1.29, 1.82) is 0 Å². The molecule has 1 rings (SSSR count). The minimum Gasteiger partial charge on any atom is 0 e. The van der Waals surface area contributed by atoms with Crippen molar-refractivity contribution in [2.75, 3.05) is 0 Å². The molecule has 0 atom stereocenters. The minimum absolute atomic E-state index is 0. The summed E-state index contributed by atoms with van der Waals surface area (Å²) in [5.41, 5.74) is 0. The molecule has 0 aliphatic heterocycles. The molecule has 4 radical (unpaired) electrons. The summed E-state index contributed by atoms with van der Waals surface area (Å²) in [6.07, 6.45) is 6.81. The van der Waals surface area contributed by atoms with Crippen LogP contribution in [0.5, 0.6) is 0 Å². The topological polar surface area (TPSA) is 76.8 Å². The minimum atomic E-state index is 0. The van der Waals surface area contributed by atoms with E-state index in [1.54, 1.807) is 0 Å². The van der Waals surface area contributed by atoms with Gasteiger partial charge in [0.15, 0.2) is 0 Å². The third kappa shape index (κ3) is 13.5. The Labute approximate surface area is 120 Å². The average Bonchev–Trinajstić information content (AvgIpc) is 2.82. The van der Waals surface area contributed by atoms with Crippen LogP contribution in [0.2, 0.25) is 0 Å². The zero-order valence-electron chi connectivity index (χ0n) is 10.3. The monoisotopic (exact) mass is 290 g/mol. The molecule has 0 unspecified atom stereocenters. The van der Waals surface area contributed by atoms with E-state index in [9.17, 15) is 4.79 Å². The number of hydrogen-bond acceptors (Lipinski definition) is 1. The fraction of sp³-hybridized carbons (Fsp3) is 0.385. The maximum Gasteiger partial charge on any atom is 0 e. The molecular formula is C13H14FeO4. The molecule has 18 heavy (non-hydrogen) atoms. The van der Waals surface area contributed by atoms with Crippen molar-refractivity contribution in [2.45, 2.75) is 33.1 Å². The first-order chi connectivity index (χ1) is 8.24. The SMILES string of the molecule is C[CH][C](C)[CH][C]1CCCC1=O.[C-]#[O+].[C-]#[O+].[C-]#[O+].[Fe]. The van der Waals surface area contributed by atoms with Gasteiger partial charge in [-0.15, -0.1) is 0 Å². The quantitative estimate of drug-likeness (QED) is 0.446. The second kappa shape index (κ2) is 21.7. The van der Waals surface area contributed by atoms with Gasteiger partial charge in [-0.05, 0) is 31.6 Å². The summed E-state index contributed by atoms with van der Waals surface area (Å²) >= 11 is 0. The maximum absolute atomic E-state index is 11.1. The van der Waals surface area contributed by atoms with Crippen LogP contribution in [0.3, 0.4) is 0 Å². The summed E-state index contributed by atoms with van der Waals surface area (Å²) in [6, 6.07) is 0. The molecule has 0 aromatic heterocycles. The molecule has 98 valence electrons. The van der Waals surface area contributed by atoms with Gasteiger partial charge in [0, 0.05) is 29.4 Å². The zero-order chi connectivity index (χ0) is 14.3. The predicted octanol–water partition coefficient (Wildman–Crippen LogP) is 2.22. The molecule has 0 aromatic rings. The summed E-state index contributed by atoms with van der Waals surface area (Å²) in [5.74, 6) is 2.54. The Balaban J connectivity index is -0.000000123. The van der Waals surface area contributed by atoms with E-state index in [0.717, 1.165) is 25.2 Å². The Kier molecular flexibility index (Phi) is 31.4. The van der Waals surface area contributed by atoms with Gasteiger partial charge in [-0.25, -0.2) is 0 Å². The molecule has 0 spiro atoms. The van der Waals surface area contributed by atoms with Crippen LogP contribution in [-0.4, -0.2) is 5.78 Å². The van der Waals surface area contributed by atoms with Crippen molar-refractivity contribution in [3.63, 3.8) is 0 Å². The summed E-state index contributed by atoms with van der Waals surface area (Å²) in [7, 11) is 0. The van der Waals surface area contributed by atoms with Crippen molar-refractivity contribution in [1.82, 2.24) is 0 Å². The van der Waals surface area contributed by atoms with Gasteiger partial charge < -0.3 is 0 Å². The molecule has 1 aliphatic rings. The largest absolute Gasteiger partial charge is 0 e. The van der Waals surface area contributed by atoms with Crippen molar-refractivity contribution in [3.05, 3.63) is 44.6 Å². The standard InChI is InChI=1S/C10H14O.3CO.Fe/c1-3-8(2)7-9-5-4-6-10(9)11;3*1-2;/h3,7H,4-6H2,1-2H3;;;;. The second-order valence-corrected chi connectivity index (χ2v) is 2.98. The van der Waals surface area contributed by atoms with Gasteiger partial charge in [-0.3, -0.25) is 4.79 Å². The van der Waals surface area contributed by atoms with Gasteiger partial charge in [0.2, 0.25) is 0 Å². The van der Waals surface area contributed by atoms with E-state index in [0.29, 0.717) is 5.78 Å². The third-order valence-corrected chi connectivity index (χ3v) is 2.07. The molecule has 1 fully saturated rings. The third-order valence-electron chi connectivity index (χ3n) is 2.07. The normalized spacial score (nSPS) is 12.6. The van der Waals surface area contributed by atoms with E-state index in [4.69, 9.17) is 14.0 Å². The van der Waals surface area contributed by atoms with Gasteiger partial charge >= 0.3 is 33.9 Å². The van der Waals surface area contributed by atoms with E-state index in [1.165, 1.54) is 5.92 Å². The van der Waals surface area contributed by atoms with Gasteiger partial charge in [0.25, 0.3) is 0 Å². The van der Waals surface area contributed by atoms with Crippen molar-refractivity contribution in [3.8, 4) is 0 Å². The molecule has 5 heteroatoms. The average molecular weight is 290 g/mol. The van der Waals surface area contributed by atoms with E-state index in [-0.39, 0.29) is 17.1 Å². The van der Waals surface area contributed by atoms with Gasteiger partial charge in [0.05, 0.1) is 0 Å². The van der Waals surface area contributed by atoms with E-state index >= 15 is 0 Å². The number of rotatable bonds is 3. The Morgan fingerprint density at radius 2 is 1.56 bits per heavy atom. The van der Waals surface area contributed by atoms with Crippen LogP contribution in [-0.2, 0) is 35.8 Å². The Morgan fingerprint density at radius 1 is 1.11 bits per heavy atom. The molecule has 0 heterocycles. The van der Waals surface area contributed by atoms with Crippen LogP contribution in [0.15, 0.2) is 0 Å². The van der Waals surface area contributed by atoms with Crippen LogP contribution < -0.4 is 0 Å². The summed E-state index contributed by atoms with van der Waals surface area (Å²) < 4.78 is 22.5. The number of ketones is 1. The maximum atomic E-state index is 11.1. The summed E-state index contributed by atoms with van der Waals surface area (Å²) in [5, 5.41) is 0. The van der Waals surface area contributed by atoms with E-state index in [1.807, 2.05) is 26.7 Å². The fourth-order valence-electron chi connectivity index (χ4n) is 1.25. The zero-order valence-corrected chi connectivity index (χ0v) is 11.4. The van der Waals surface area contributed by atoms with Crippen molar-refractivity contribution < 1.29 is 35.8 Å². The molecule has 0 N–H and O–H groups in total. The number of Topliss-reactive ketones (excluding diaryl/α,β-unsaturated/α-hetero) is 1. The summed E-state index contributed by atoms with van der Waals surface area (Å²) in [4.78, 5) is 11.1. The Hall–Kier alpha value is -0.591. The van der Waals surface area contributed by atoms with Gasteiger partial charge in [0.1, 0.15) is 5.78 Å². The molecule has 1 saturated carbocycles. The first kappa shape index (κ1) is 26.1. The molecular weight excluding hydrogens is 276 g/mol. The molecule has 1 aliphatic carbocycles. The summed E-state index contributed by atoms with van der Waals surface area (Å²) in [6.45, 7) is 17.5. The Morgan fingerprint density at radius 3 is 1.83 bits per heavy atom. The smallest absolute Gasteiger partial charge is 0 e. The molecule has 4 nitrogen and oxygen atoms in total. The van der Waals surface area contributed by atoms with Crippen molar-refractivity contribution in [2.24, 2.45) is 0 Å². The predicted molar refractivity (Wildman–Crippen MR) is 57.1 cm³/mol. The van der Waals surface area contributed by atoms with Crippen molar-refractivity contribution >= 4 is 5.78 Å². The molecule has 0 aromatic carbocycles. The van der Waals surface area contributed by atoms with Crippen LogP contribution in [0, 0.1) is 44.6 Å². The molecule has 0 amide bonds. The molecule has 0 saturated heterocycles. The number of hydrogen-bond donors (Lipinski definition) is 0. The molecule has 0 bridgehead atoms. The Bertz CT molecular complexity index is 231. The second-order valence-electron chi connectivity index (χ2n) is 2.98. The van der Waals surface area contributed by atoms with Gasteiger partial charge in [-0.1, -0.05) is 13.8 Å². The van der Waals surface area contributed by atoms with E-state index in [2.05, 4.69) is 20.0 Å². The van der Waals surface area contributed by atoms with Crippen LogP contribution in [0.4, 0.5) is 0 Å².